The summed E-state index contributed by atoms with van der Waals surface area (Å²) < 4.78 is 31.9. The van der Waals surface area contributed by atoms with Crippen LogP contribution in [0.25, 0.3) is 0 Å². The van der Waals surface area contributed by atoms with Crippen molar-refractivity contribution in [3.63, 3.8) is 0 Å². The molecule has 0 unspecified atom stereocenters. The van der Waals surface area contributed by atoms with E-state index in [0.29, 0.717) is 22.9 Å². The summed E-state index contributed by atoms with van der Waals surface area (Å²) in [7, 11) is -2.02. The maximum Gasteiger partial charge on any atom is 0.243 e. The molecular formula is C33H40ClN3O5S. The first-order chi connectivity index (χ1) is 20.6. The van der Waals surface area contributed by atoms with E-state index < -0.39 is 16.1 Å². The van der Waals surface area contributed by atoms with E-state index in [1.807, 2.05) is 54.6 Å². The first kappa shape index (κ1) is 32.4. The fourth-order valence-corrected chi connectivity index (χ4v) is 6.59. The van der Waals surface area contributed by atoms with Gasteiger partial charge in [0, 0.05) is 37.0 Å². The Morgan fingerprint density at radius 3 is 2.30 bits per heavy atom. The van der Waals surface area contributed by atoms with Crippen LogP contribution in [0.3, 0.4) is 0 Å². The van der Waals surface area contributed by atoms with Gasteiger partial charge in [-0.2, -0.15) is 0 Å². The van der Waals surface area contributed by atoms with Gasteiger partial charge in [0.25, 0.3) is 0 Å². The Morgan fingerprint density at radius 1 is 0.977 bits per heavy atom. The first-order valence-electron chi connectivity index (χ1n) is 14.6. The van der Waals surface area contributed by atoms with Crippen molar-refractivity contribution in [2.45, 2.75) is 63.6 Å². The summed E-state index contributed by atoms with van der Waals surface area (Å²) in [6, 6.07) is 23.0. The highest BCUT2D eigenvalue weighted by Gasteiger charge is 2.32. The minimum atomic E-state index is -3.60. The summed E-state index contributed by atoms with van der Waals surface area (Å²) >= 11 is 6.00. The maximum atomic E-state index is 14.0. The number of sulfonamides is 1. The fourth-order valence-electron chi connectivity index (χ4n) is 5.50. The van der Waals surface area contributed by atoms with Gasteiger partial charge in [-0.15, -0.1) is 0 Å². The highest BCUT2D eigenvalue weighted by Crippen LogP contribution is 2.24. The van der Waals surface area contributed by atoms with Crippen LogP contribution in [0.15, 0.2) is 78.9 Å². The molecule has 1 aliphatic rings. The van der Waals surface area contributed by atoms with Crippen molar-refractivity contribution in [2.75, 3.05) is 24.2 Å². The van der Waals surface area contributed by atoms with E-state index in [4.69, 9.17) is 16.3 Å². The van der Waals surface area contributed by atoms with Crippen molar-refractivity contribution in [3.8, 4) is 5.75 Å². The number of benzene rings is 3. The summed E-state index contributed by atoms with van der Waals surface area (Å²) in [4.78, 5) is 29.5. The van der Waals surface area contributed by atoms with Crippen LogP contribution in [0.1, 0.15) is 49.7 Å². The lowest BCUT2D eigenvalue weighted by molar-refractivity contribution is -0.141. The molecule has 10 heteroatoms. The van der Waals surface area contributed by atoms with Crippen LogP contribution >= 0.6 is 11.6 Å². The predicted molar refractivity (Wildman–Crippen MR) is 171 cm³/mol. The smallest absolute Gasteiger partial charge is 0.243 e. The van der Waals surface area contributed by atoms with Crippen molar-refractivity contribution in [1.29, 1.82) is 0 Å². The molecule has 0 radical (unpaired) electrons. The zero-order chi connectivity index (χ0) is 30.8. The van der Waals surface area contributed by atoms with Crippen molar-refractivity contribution in [2.24, 2.45) is 0 Å². The Labute approximate surface area is 260 Å². The SMILES string of the molecule is COc1cccc(CN(C(=O)CCCN(c2ccc(Cl)cc2)S(C)(=O)=O)[C@@H](Cc2ccccc2)C(=O)NC2CCCC2)c1. The molecule has 2 amide bonds. The minimum Gasteiger partial charge on any atom is -0.497 e. The lowest BCUT2D eigenvalue weighted by Gasteiger charge is -2.33. The molecule has 4 rings (SSSR count). The number of nitrogens with one attached hydrogen (secondary N) is 1. The number of methoxy groups -OCH3 is 1. The molecule has 1 fully saturated rings. The summed E-state index contributed by atoms with van der Waals surface area (Å²) in [6.07, 6.45) is 5.84. The van der Waals surface area contributed by atoms with Crippen LogP contribution < -0.4 is 14.4 Å². The number of rotatable bonds is 14. The van der Waals surface area contributed by atoms with Gasteiger partial charge < -0.3 is 15.0 Å². The second-order valence-electron chi connectivity index (χ2n) is 11.0. The van der Waals surface area contributed by atoms with Gasteiger partial charge in [-0.05, 0) is 66.8 Å². The number of hydrogen-bond acceptors (Lipinski definition) is 5. The Hall–Kier alpha value is -3.56. The average molecular weight is 626 g/mol. The summed E-state index contributed by atoms with van der Waals surface area (Å²) in [5.41, 5.74) is 2.26. The van der Waals surface area contributed by atoms with E-state index in [2.05, 4.69) is 5.32 Å². The number of halogens is 1. The average Bonchev–Trinajstić information content (AvgIpc) is 3.50. The molecule has 0 aliphatic heterocycles. The Balaban J connectivity index is 1.59. The van der Waals surface area contributed by atoms with E-state index >= 15 is 0 Å². The van der Waals surface area contributed by atoms with Crippen LogP contribution in [0.5, 0.6) is 5.75 Å². The van der Waals surface area contributed by atoms with Crippen molar-refractivity contribution in [3.05, 3.63) is 95.0 Å². The monoisotopic (exact) mass is 625 g/mol. The lowest BCUT2D eigenvalue weighted by Crippen LogP contribution is -2.52. The minimum absolute atomic E-state index is 0.0611. The van der Waals surface area contributed by atoms with Crippen LogP contribution in [-0.2, 0) is 32.6 Å². The van der Waals surface area contributed by atoms with E-state index in [9.17, 15) is 18.0 Å². The molecule has 3 aromatic rings. The van der Waals surface area contributed by atoms with Crippen LogP contribution in [0, 0.1) is 0 Å². The van der Waals surface area contributed by atoms with E-state index in [1.54, 1.807) is 36.3 Å². The zero-order valence-corrected chi connectivity index (χ0v) is 26.3. The number of amides is 2. The number of hydrogen-bond donors (Lipinski definition) is 1. The van der Waals surface area contributed by atoms with Gasteiger partial charge >= 0.3 is 0 Å². The van der Waals surface area contributed by atoms with Crippen LogP contribution in [-0.4, -0.2) is 57.1 Å². The molecule has 0 heterocycles. The van der Waals surface area contributed by atoms with Gasteiger partial charge in [-0.25, -0.2) is 8.42 Å². The molecular weight excluding hydrogens is 586 g/mol. The third-order valence-electron chi connectivity index (χ3n) is 7.73. The van der Waals surface area contributed by atoms with Gasteiger partial charge in [-0.1, -0.05) is 66.9 Å². The summed E-state index contributed by atoms with van der Waals surface area (Å²) in [5, 5.41) is 3.71. The number of ether oxygens (including phenoxy) is 1. The highest BCUT2D eigenvalue weighted by atomic mass is 35.5. The Bertz CT molecular complexity index is 1460. The van der Waals surface area contributed by atoms with Crippen LogP contribution in [0.4, 0.5) is 5.69 Å². The molecule has 1 atom stereocenters. The van der Waals surface area contributed by atoms with Crippen molar-refractivity contribution < 1.29 is 22.7 Å². The number of anilines is 1. The molecule has 0 bridgehead atoms. The normalized spacial score (nSPS) is 14.2. The van der Waals surface area contributed by atoms with E-state index in [1.165, 1.54) is 4.31 Å². The number of nitrogens with zero attached hydrogens (tertiary/aromatic N) is 2. The van der Waals surface area contributed by atoms with Crippen molar-refractivity contribution in [1.82, 2.24) is 10.2 Å². The van der Waals surface area contributed by atoms with Gasteiger partial charge in [0.2, 0.25) is 21.8 Å². The second kappa shape index (κ2) is 15.3. The molecule has 1 N–H and O–H groups in total. The van der Waals surface area contributed by atoms with Crippen LogP contribution in [0.2, 0.25) is 5.02 Å². The first-order valence-corrected chi connectivity index (χ1v) is 16.9. The van der Waals surface area contributed by atoms with Gasteiger partial charge in [0.05, 0.1) is 19.1 Å². The van der Waals surface area contributed by atoms with Gasteiger partial charge in [0.1, 0.15) is 11.8 Å². The summed E-state index contributed by atoms with van der Waals surface area (Å²) in [5.74, 6) is 0.257. The lowest BCUT2D eigenvalue weighted by atomic mass is 10.0. The Kier molecular flexibility index (Phi) is 11.5. The number of carbonyl (C=O) groups is 2. The summed E-state index contributed by atoms with van der Waals surface area (Å²) in [6.45, 7) is 0.315. The van der Waals surface area contributed by atoms with E-state index in [-0.39, 0.29) is 43.8 Å². The molecule has 8 nitrogen and oxygen atoms in total. The Morgan fingerprint density at radius 2 is 1.65 bits per heavy atom. The van der Waals surface area contributed by atoms with Gasteiger partial charge in [-0.3, -0.25) is 13.9 Å². The van der Waals surface area contributed by atoms with Crippen molar-refractivity contribution >= 4 is 39.1 Å². The third-order valence-corrected chi connectivity index (χ3v) is 9.17. The molecule has 230 valence electrons. The molecule has 0 saturated heterocycles. The van der Waals surface area contributed by atoms with E-state index in [0.717, 1.165) is 43.1 Å². The molecule has 0 spiro atoms. The standard InChI is InChI=1S/C33H40ClN3O5S/c1-42-30-15-8-12-26(22-30)24-36(31(23-25-10-4-3-5-11-25)33(39)35-28-13-6-7-14-28)32(38)16-9-21-37(43(2,40)41)29-19-17-27(34)18-20-29/h3-5,8,10-12,15,17-20,22,28,31H,6-7,9,13-14,16,21,23-24H2,1-2H3,(H,35,39)/t31-/m0/s1. The number of carbonyl (C=O) groups excluding carboxylic acids is 2. The molecule has 1 aliphatic carbocycles. The zero-order valence-electron chi connectivity index (χ0n) is 24.7. The fraction of sp³-hybridized carbons (Fsp3) is 0.394. The maximum absolute atomic E-state index is 14.0. The molecule has 3 aromatic carbocycles. The highest BCUT2D eigenvalue weighted by molar-refractivity contribution is 7.92. The van der Waals surface area contributed by atoms with Gasteiger partial charge in [0.15, 0.2) is 0 Å². The molecule has 43 heavy (non-hydrogen) atoms. The predicted octanol–water partition coefficient (Wildman–Crippen LogP) is 5.59. The topological polar surface area (TPSA) is 96.0 Å². The molecule has 1 saturated carbocycles. The quantitative estimate of drug-likeness (QED) is 0.252. The third kappa shape index (κ3) is 9.46. The largest absolute Gasteiger partial charge is 0.497 e. The second-order valence-corrected chi connectivity index (χ2v) is 13.3. The molecule has 0 aromatic heterocycles.